The number of hydrogen-bond donors (Lipinski definition) is 1. The summed E-state index contributed by atoms with van der Waals surface area (Å²) in [5.41, 5.74) is -1.10. The molecule has 1 aromatic rings. The van der Waals surface area contributed by atoms with E-state index in [4.69, 9.17) is 5.11 Å². The van der Waals surface area contributed by atoms with Crippen LogP contribution in [0.1, 0.15) is 34.6 Å². The van der Waals surface area contributed by atoms with Crippen molar-refractivity contribution in [2.75, 3.05) is 13.1 Å². The zero-order valence-electron chi connectivity index (χ0n) is 10.8. The lowest BCUT2D eigenvalue weighted by atomic mass is 9.82. The van der Waals surface area contributed by atoms with Crippen LogP contribution in [0.4, 0.5) is 0 Å². The average molecular weight is 261 g/mol. The minimum absolute atomic E-state index is 0.173. The van der Waals surface area contributed by atoms with Crippen molar-refractivity contribution in [3.63, 3.8) is 0 Å². The largest absolute Gasteiger partial charge is 0.481 e. The quantitative estimate of drug-likeness (QED) is 0.505. The van der Waals surface area contributed by atoms with E-state index in [1.807, 2.05) is 0 Å². The third kappa shape index (κ3) is 2.36. The van der Waals surface area contributed by atoms with Crippen LogP contribution in [-0.4, -0.2) is 40.8 Å². The Kier molecular flexibility index (Phi) is 3.14. The lowest BCUT2D eigenvalue weighted by molar-refractivity contribution is -0.144. The molecule has 1 fully saturated rings. The van der Waals surface area contributed by atoms with Crippen molar-refractivity contribution in [1.29, 1.82) is 0 Å². The summed E-state index contributed by atoms with van der Waals surface area (Å²) in [6.07, 6.45) is 0. The highest BCUT2D eigenvalue weighted by Crippen LogP contribution is 2.26. The van der Waals surface area contributed by atoms with Gasteiger partial charge in [-0.15, -0.1) is 0 Å². The molecule has 1 amide bonds. The van der Waals surface area contributed by atoms with Gasteiger partial charge in [-0.2, -0.15) is 0 Å². The van der Waals surface area contributed by atoms with Crippen molar-refractivity contribution in [2.45, 2.75) is 13.8 Å². The van der Waals surface area contributed by atoms with Crippen molar-refractivity contribution >= 4 is 17.7 Å². The van der Waals surface area contributed by atoms with E-state index in [1.54, 1.807) is 23.1 Å². The Balaban J connectivity index is 2.42. The number of amides is 1. The number of carbonyl (C=O) groups is 3. The Hall–Kier alpha value is -2.17. The number of nitrogens with zero attached hydrogens (tertiary/aromatic N) is 1. The summed E-state index contributed by atoms with van der Waals surface area (Å²) in [7, 11) is 0. The van der Waals surface area contributed by atoms with Crippen molar-refractivity contribution in [3.8, 4) is 0 Å². The number of Topliss-reactive ketones (excluding diaryl/α,β-unsaturated/α-hetero) is 1. The van der Waals surface area contributed by atoms with Crippen LogP contribution in [0.3, 0.4) is 0 Å². The van der Waals surface area contributed by atoms with Crippen molar-refractivity contribution in [3.05, 3.63) is 35.4 Å². The molecule has 0 aliphatic carbocycles. The maximum atomic E-state index is 12.3. The lowest BCUT2D eigenvalue weighted by Crippen LogP contribution is -2.34. The number of carbonyl (C=O) groups excluding carboxylic acids is 2. The Morgan fingerprint density at radius 3 is 2.11 bits per heavy atom. The van der Waals surface area contributed by atoms with Gasteiger partial charge in [0.2, 0.25) is 0 Å². The van der Waals surface area contributed by atoms with Crippen LogP contribution >= 0.6 is 0 Å². The molecule has 1 aromatic carbocycles. The summed E-state index contributed by atoms with van der Waals surface area (Å²) in [5, 5.41) is 9.11. The summed E-state index contributed by atoms with van der Waals surface area (Å²) >= 11 is 0. The molecule has 2 rings (SSSR count). The predicted molar refractivity (Wildman–Crippen MR) is 68.1 cm³/mol. The molecular weight excluding hydrogens is 246 g/mol. The van der Waals surface area contributed by atoms with Gasteiger partial charge in [-0.3, -0.25) is 14.4 Å². The molecule has 1 aliphatic heterocycles. The van der Waals surface area contributed by atoms with Gasteiger partial charge in [0.15, 0.2) is 5.78 Å². The molecule has 5 heteroatoms. The molecule has 0 radical (unpaired) electrons. The van der Waals surface area contributed by atoms with Crippen LogP contribution in [0.5, 0.6) is 0 Å². The number of aliphatic carboxylic acids is 1. The first-order valence-corrected chi connectivity index (χ1v) is 6.02. The molecule has 0 aromatic heterocycles. The molecule has 19 heavy (non-hydrogen) atoms. The molecule has 0 saturated carbocycles. The zero-order chi connectivity index (χ0) is 14.2. The third-order valence-electron chi connectivity index (χ3n) is 3.24. The van der Waals surface area contributed by atoms with Gasteiger partial charge in [0.05, 0.1) is 5.56 Å². The highest BCUT2D eigenvalue weighted by Gasteiger charge is 2.39. The zero-order valence-corrected chi connectivity index (χ0v) is 10.8. The van der Waals surface area contributed by atoms with Gasteiger partial charge in [0, 0.05) is 18.7 Å². The maximum Gasteiger partial charge on any atom is 0.316 e. The number of carboxylic acid groups (broad SMARTS) is 1. The van der Waals surface area contributed by atoms with Crippen molar-refractivity contribution in [2.24, 2.45) is 5.41 Å². The topological polar surface area (TPSA) is 74.5 Å². The van der Waals surface area contributed by atoms with E-state index < -0.39 is 17.2 Å². The number of ketones is 1. The average Bonchev–Trinajstić information content (AvgIpc) is 3.21. The van der Waals surface area contributed by atoms with Gasteiger partial charge < -0.3 is 10.0 Å². The Morgan fingerprint density at radius 1 is 1.11 bits per heavy atom. The Bertz CT molecular complexity index is 558. The smallest absolute Gasteiger partial charge is 0.316 e. The first kappa shape index (κ1) is 13.3. The van der Waals surface area contributed by atoms with E-state index in [1.165, 1.54) is 19.9 Å². The van der Waals surface area contributed by atoms with Crippen LogP contribution < -0.4 is 0 Å². The lowest BCUT2D eigenvalue weighted by Gasteiger charge is -2.19. The maximum absolute atomic E-state index is 12.3. The Labute approximate surface area is 110 Å². The van der Waals surface area contributed by atoms with Gasteiger partial charge in [0.1, 0.15) is 5.41 Å². The third-order valence-corrected chi connectivity index (χ3v) is 3.24. The molecule has 0 bridgehead atoms. The second-order valence-electron chi connectivity index (χ2n) is 5.10. The molecule has 0 spiro atoms. The van der Waals surface area contributed by atoms with E-state index in [-0.39, 0.29) is 17.0 Å². The summed E-state index contributed by atoms with van der Waals surface area (Å²) in [6, 6.07) is 6.36. The van der Waals surface area contributed by atoms with Gasteiger partial charge in [-0.1, -0.05) is 18.2 Å². The fourth-order valence-corrected chi connectivity index (χ4v) is 1.72. The minimum Gasteiger partial charge on any atom is -0.481 e. The fraction of sp³-hybridized carbons (Fsp3) is 0.357. The summed E-state index contributed by atoms with van der Waals surface area (Å²) < 4.78 is 0. The van der Waals surface area contributed by atoms with Crippen LogP contribution in [-0.2, 0) is 4.79 Å². The fourth-order valence-electron chi connectivity index (χ4n) is 1.72. The standard InChI is InChI=1S/C14H15NO4/c1-14(2,13(18)19)11(16)9-5-3-4-6-10(9)12(17)15-7-8-15/h3-6H,7-8H2,1-2H3,(H,18,19). The molecule has 5 nitrogen and oxygen atoms in total. The normalized spacial score (nSPS) is 14.1. The highest BCUT2D eigenvalue weighted by molar-refractivity contribution is 6.16. The van der Waals surface area contributed by atoms with Crippen LogP contribution in [0.25, 0.3) is 0 Å². The molecule has 100 valence electrons. The minimum atomic E-state index is -1.55. The molecular formula is C14H15NO4. The molecule has 1 aliphatic rings. The monoisotopic (exact) mass is 261 g/mol. The summed E-state index contributed by atoms with van der Waals surface area (Å²) in [5.74, 6) is -1.97. The SMILES string of the molecule is CC(C)(C(=O)O)C(=O)c1ccccc1C(=O)N1CC1. The van der Waals surface area contributed by atoms with Crippen LogP contribution in [0.2, 0.25) is 0 Å². The predicted octanol–water partition coefficient (Wildman–Crippen LogP) is 1.44. The van der Waals surface area contributed by atoms with Crippen molar-refractivity contribution in [1.82, 2.24) is 4.90 Å². The number of rotatable bonds is 4. The first-order chi connectivity index (χ1) is 8.85. The van der Waals surface area contributed by atoms with Crippen LogP contribution in [0.15, 0.2) is 24.3 Å². The number of carboxylic acids is 1. The molecule has 0 atom stereocenters. The summed E-state index contributed by atoms with van der Waals surface area (Å²) in [4.78, 5) is 37.1. The second kappa shape index (κ2) is 4.50. The van der Waals surface area contributed by atoms with Gasteiger partial charge in [-0.25, -0.2) is 0 Å². The van der Waals surface area contributed by atoms with Gasteiger partial charge in [-0.05, 0) is 19.9 Å². The van der Waals surface area contributed by atoms with E-state index in [9.17, 15) is 14.4 Å². The second-order valence-corrected chi connectivity index (χ2v) is 5.10. The highest BCUT2D eigenvalue weighted by atomic mass is 16.4. The van der Waals surface area contributed by atoms with Crippen molar-refractivity contribution < 1.29 is 19.5 Å². The van der Waals surface area contributed by atoms with Crippen LogP contribution in [0, 0.1) is 5.41 Å². The van der Waals surface area contributed by atoms with Gasteiger partial charge >= 0.3 is 5.97 Å². The number of hydrogen-bond acceptors (Lipinski definition) is 3. The van der Waals surface area contributed by atoms with E-state index in [2.05, 4.69) is 0 Å². The molecule has 1 N–H and O–H groups in total. The first-order valence-electron chi connectivity index (χ1n) is 6.02. The number of benzene rings is 1. The van der Waals surface area contributed by atoms with Gasteiger partial charge in [0.25, 0.3) is 5.91 Å². The van der Waals surface area contributed by atoms with E-state index in [0.717, 1.165) is 0 Å². The van der Waals surface area contributed by atoms with E-state index >= 15 is 0 Å². The van der Waals surface area contributed by atoms with E-state index in [0.29, 0.717) is 13.1 Å². The summed E-state index contributed by atoms with van der Waals surface area (Å²) in [6.45, 7) is 4.06. The molecule has 0 unspecified atom stereocenters. The molecule has 1 heterocycles. The Morgan fingerprint density at radius 2 is 1.63 bits per heavy atom. The molecule has 1 saturated heterocycles.